The Balaban J connectivity index is 2.81. The molecule has 1 aromatic rings. The predicted molar refractivity (Wildman–Crippen MR) is 77.1 cm³/mol. The number of rotatable bonds is 6. The van der Waals surface area contributed by atoms with E-state index >= 15 is 0 Å². The van der Waals surface area contributed by atoms with E-state index in [0.29, 0.717) is 23.0 Å². The topological polar surface area (TPSA) is 77.2 Å². The molecule has 0 spiro atoms. The maximum atomic E-state index is 11.5. The van der Waals surface area contributed by atoms with E-state index in [2.05, 4.69) is 35.8 Å². The molecule has 5 nitrogen and oxygen atoms in total. The molecule has 0 aromatic carbocycles. The Morgan fingerprint density at radius 2 is 2.21 bits per heavy atom. The van der Waals surface area contributed by atoms with Crippen molar-refractivity contribution in [1.82, 2.24) is 4.98 Å². The number of anilines is 2. The SMILES string of the molecule is CCC(C)CC(C)Nc1nccc(C(=O)OC)c1N. The molecule has 0 saturated heterocycles. The molecule has 0 aliphatic heterocycles. The van der Waals surface area contributed by atoms with E-state index in [1.807, 2.05) is 0 Å². The third-order valence-corrected chi connectivity index (χ3v) is 3.23. The van der Waals surface area contributed by atoms with E-state index in [1.54, 1.807) is 12.3 Å². The molecule has 0 amide bonds. The van der Waals surface area contributed by atoms with Crippen molar-refractivity contribution in [3.8, 4) is 0 Å². The number of carbonyl (C=O) groups excluding carboxylic acids is 1. The molecule has 2 atom stereocenters. The maximum Gasteiger partial charge on any atom is 0.340 e. The van der Waals surface area contributed by atoms with Crippen LogP contribution in [-0.4, -0.2) is 24.1 Å². The zero-order valence-electron chi connectivity index (χ0n) is 12.1. The molecule has 3 N–H and O–H groups in total. The number of methoxy groups -OCH3 is 1. The number of carbonyl (C=O) groups is 1. The van der Waals surface area contributed by atoms with Crippen molar-refractivity contribution in [1.29, 1.82) is 0 Å². The zero-order chi connectivity index (χ0) is 14.4. The number of esters is 1. The molecule has 0 bridgehead atoms. The van der Waals surface area contributed by atoms with Gasteiger partial charge in [0.2, 0.25) is 0 Å². The van der Waals surface area contributed by atoms with Crippen molar-refractivity contribution in [3.05, 3.63) is 17.8 Å². The van der Waals surface area contributed by atoms with E-state index in [1.165, 1.54) is 7.11 Å². The number of pyridine rings is 1. The highest BCUT2D eigenvalue weighted by molar-refractivity contribution is 5.97. The third-order valence-electron chi connectivity index (χ3n) is 3.23. The fourth-order valence-corrected chi connectivity index (χ4v) is 1.94. The molecule has 106 valence electrons. The van der Waals surface area contributed by atoms with Crippen LogP contribution >= 0.6 is 0 Å². The van der Waals surface area contributed by atoms with Gasteiger partial charge in [0, 0.05) is 12.2 Å². The molecule has 0 saturated carbocycles. The van der Waals surface area contributed by atoms with Crippen molar-refractivity contribution in [2.45, 2.75) is 39.7 Å². The molecule has 5 heteroatoms. The minimum Gasteiger partial charge on any atom is -0.465 e. The van der Waals surface area contributed by atoms with Crippen LogP contribution in [0, 0.1) is 5.92 Å². The summed E-state index contributed by atoms with van der Waals surface area (Å²) in [5.74, 6) is 0.726. The van der Waals surface area contributed by atoms with Crippen molar-refractivity contribution in [2.75, 3.05) is 18.2 Å². The molecule has 1 heterocycles. The van der Waals surface area contributed by atoms with E-state index in [0.717, 1.165) is 12.8 Å². The minimum atomic E-state index is -0.447. The maximum absolute atomic E-state index is 11.5. The quantitative estimate of drug-likeness (QED) is 0.773. The molecule has 0 fully saturated rings. The largest absolute Gasteiger partial charge is 0.465 e. The first-order chi connectivity index (χ1) is 8.99. The first-order valence-electron chi connectivity index (χ1n) is 6.58. The Hall–Kier alpha value is -1.78. The van der Waals surface area contributed by atoms with Crippen LogP contribution in [0.4, 0.5) is 11.5 Å². The number of nitrogens with two attached hydrogens (primary N) is 1. The molecule has 0 radical (unpaired) electrons. The first kappa shape index (κ1) is 15.3. The second-order valence-electron chi connectivity index (χ2n) is 4.91. The predicted octanol–water partition coefficient (Wildman–Crippen LogP) is 2.69. The normalized spacial score (nSPS) is 13.7. The number of nitrogens with one attached hydrogen (secondary N) is 1. The summed E-state index contributed by atoms with van der Waals surface area (Å²) >= 11 is 0. The molecule has 1 aromatic heterocycles. The van der Waals surface area contributed by atoms with E-state index < -0.39 is 5.97 Å². The van der Waals surface area contributed by atoms with Crippen molar-refractivity contribution >= 4 is 17.5 Å². The monoisotopic (exact) mass is 265 g/mol. The Kier molecular flexibility index (Phi) is 5.60. The fourth-order valence-electron chi connectivity index (χ4n) is 1.94. The highest BCUT2D eigenvalue weighted by Gasteiger charge is 2.15. The molecule has 2 unspecified atom stereocenters. The Morgan fingerprint density at radius 3 is 2.79 bits per heavy atom. The molecular weight excluding hydrogens is 242 g/mol. The summed E-state index contributed by atoms with van der Waals surface area (Å²) in [5.41, 5.74) is 6.63. The average molecular weight is 265 g/mol. The van der Waals surface area contributed by atoms with Gasteiger partial charge in [0.1, 0.15) is 5.82 Å². The highest BCUT2D eigenvalue weighted by atomic mass is 16.5. The summed E-state index contributed by atoms with van der Waals surface area (Å²) < 4.78 is 4.68. The molecule has 19 heavy (non-hydrogen) atoms. The number of ether oxygens (including phenoxy) is 1. The van der Waals surface area contributed by atoms with Crippen LogP contribution in [0.5, 0.6) is 0 Å². The zero-order valence-corrected chi connectivity index (χ0v) is 12.1. The number of nitrogen functional groups attached to an aromatic ring is 1. The standard InChI is InChI=1S/C14H23N3O2/c1-5-9(2)8-10(3)17-13-12(15)11(6-7-16-13)14(18)19-4/h6-7,9-10H,5,8,15H2,1-4H3,(H,16,17). The van der Waals surface area contributed by atoms with Crippen LogP contribution in [0.15, 0.2) is 12.3 Å². The van der Waals surface area contributed by atoms with Gasteiger partial charge in [0.05, 0.1) is 18.4 Å². The van der Waals surface area contributed by atoms with Crippen LogP contribution in [-0.2, 0) is 4.74 Å². The van der Waals surface area contributed by atoms with Gasteiger partial charge < -0.3 is 15.8 Å². The lowest BCUT2D eigenvalue weighted by molar-refractivity contribution is 0.0602. The van der Waals surface area contributed by atoms with Crippen LogP contribution in [0.1, 0.15) is 44.0 Å². The lowest BCUT2D eigenvalue weighted by atomic mass is 10.0. The van der Waals surface area contributed by atoms with Crippen LogP contribution in [0.25, 0.3) is 0 Å². The molecular formula is C14H23N3O2. The van der Waals surface area contributed by atoms with Gasteiger partial charge in [-0.25, -0.2) is 9.78 Å². The summed E-state index contributed by atoms with van der Waals surface area (Å²) in [5, 5.41) is 3.25. The van der Waals surface area contributed by atoms with Crippen molar-refractivity contribution < 1.29 is 9.53 Å². The van der Waals surface area contributed by atoms with Gasteiger partial charge in [0.25, 0.3) is 0 Å². The highest BCUT2D eigenvalue weighted by Crippen LogP contribution is 2.22. The second-order valence-corrected chi connectivity index (χ2v) is 4.91. The van der Waals surface area contributed by atoms with E-state index in [-0.39, 0.29) is 6.04 Å². The van der Waals surface area contributed by atoms with Crippen LogP contribution in [0.3, 0.4) is 0 Å². The molecule has 1 rings (SSSR count). The Morgan fingerprint density at radius 1 is 1.53 bits per heavy atom. The Bertz CT molecular complexity index is 435. The smallest absolute Gasteiger partial charge is 0.340 e. The summed E-state index contributed by atoms with van der Waals surface area (Å²) in [6.07, 6.45) is 3.72. The number of nitrogens with zero attached hydrogens (tertiary/aromatic N) is 1. The Labute approximate surface area is 114 Å². The molecule has 0 aliphatic rings. The first-order valence-corrected chi connectivity index (χ1v) is 6.58. The van der Waals surface area contributed by atoms with E-state index in [4.69, 9.17) is 5.73 Å². The van der Waals surface area contributed by atoms with E-state index in [9.17, 15) is 4.79 Å². The van der Waals surface area contributed by atoms with Gasteiger partial charge in [-0.05, 0) is 25.3 Å². The number of aromatic nitrogens is 1. The lowest BCUT2D eigenvalue weighted by Gasteiger charge is -2.19. The fraction of sp³-hybridized carbons (Fsp3) is 0.571. The van der Waals surface area contributed by atoms with Crippen molar-refractivity contribution in [2.24, 2.45) is 5.92 Å². The average Bonchev–Trinajstić information content (AvgIpc) is 2.40. The van der Waals surface area contributed by atoms with Gasteiger partial charge >= 0.3 is 5.97 Å². The van der Waals surface area contributed by atoms with Gasteiger partial charge in [-0.2, -0.15) is 0 Å². The molecule has 0 aliphatic carbocycles. The van der Waals surface area contributed by atoms with Crippen LogP contribution < -0.4 is 11.1 Å². The number of hydrogen-bond donors (Lipinski definition) is 2. The van der Waals surface area contributed by atoms with Crippen molar-refractivity contribution in [3.63, 3.8) is 0 Å². The van der Waals surface area contributed by atoms with Gasteiger partial charge in [-0.1, -0.05) is 20.3 Å². The van der Waals surface area contributed by atoms with Gasteiger partial charge in [0.15, 0.2) is 0 Å². The summed E-state index contributed by atoms with van der Waals surface area (Å²) in [6.45, 7) is 6.46. The minimum absolute atomic E-state index is 0.248. The summed E-state index contributed by atoms with van der Waals surface area (Å²) in [4.78, 5) is 15.7. The summed E-state index contributed by atoms with van der Waals surface area (Å²) in [6, 6.07) is 1.81. The lowest BCUT2D eigenvalue weighted by Crippen LogP contribution is -2.20. The second kappa shape index (κ2) is 6.97. The third kappa shape index (κ3) is 4.12. The van der Waals surface area contributed by atoms with Gasteiger partial charge in [-0.15, -0.1) is 0 Å². The van der Waals surface area contributed by atoms with Crippen LogP contribution in [0.2, 0.25) is 0 Å². The number of hydrogen-bond acceptors (Lipinski definition) is 5. The summed E-state index contributed by atoms with van der Waals surface area (Å²) in [7, 11) is 1.33. The van der Waals surface area contributed by atoms with Gasteiger partial charge in [-0.3, -0.25) is 0 Å².